The van der Waals surface area contributed by atoms with Crippen molar-refractivity contribution in [3.05, 3.63) is 65.5 Å². The third-order valence-electron chi connectivity index (χ3n) is 4.34. The van der Waals surface area contributed by atoms with Crippen LogP contribution in [0, 0.1) is 17.2 Å². The van der Waals surface area contributed by atoms with E-state index in [4.69, 9.17) is 5.26 Å². The summed E-state index contributed by atoms with van der Waals surface area (Å²) in [6, 6.07) is 13.7. The molecule has 1 unspecified atom stereocenters. The molecule has 0 spiro atoms. The van der Waals surface area contributed by atoms with E-state index < -0.39 is 10.2 Å². The quantitative estimate of drug-likeness (QED) is 0.664. The van der Waals surface area contributed by atoms with E-state index in [0.29, 0.717) is 0 Å². The Hall–Kier alpha value is -2.27. The van der Waals surface area contributed by atoms with E-state index in [0.717, 1.165) is 17.5 Å². The van der Waals surface area contributed by atoms with E-state index in [1.54, 1.807) is 25.4 Å². The molecular formula is C20H26N4O2S. The molecule has 0 bridgehead atoms. The summed E-state index contributed by atoms with van der Waals surface area (Å²) in [5.74, 6) is -0.381. The van der Waals surface area contributed by atoms with Crippen LogP contribution in [0.3, 0.4) is 0 Å². The topological polar surface area (TPSA) is 77.3 Å². The van der Waals surface area contributed by atoms with Gasteiger partial charge in [0.15, 0.2) is 0 Å². The molecule has 0 aliphatic carbocycles. The van der Waals surface area contributed by atoms with Gasteiger partial charge in [0, 0.05) is 39.1 Å². The van der Waals surface area contributed by atoms with Crippen molar-refractivity contribution in [1.82, 2.24) is 13.6 Å². The summed E-state index contributed by atoms with van der Waals surface area (Å²) in [5, 5.41) is 9.01. The maximum Gasteiger partial charge on any atom is 0.282 e. The van der Waals surface area contributed by atoms with Crippen molar-refractivity contribution in [2.45, 2.75) is 33.4 Å². The van der Waals surface area contributed by atoms with Gasteiger partial charge < -0.3 is 0 Å². The predicted octanol–water partition coefficient (Wildman–Crippen LogP) is 2.98. The molecule has 6 nitrogen and oxygen atoms in total. The van der Waals surface area contributed by atoms with Crippen molar-refractivity contribution in [2.75, 3.05) is 13.6 Å². The highest BCUT2D eigenvalue weighted by Crippen LogP contribution is 2.18. The lowest BCUT2D eigenvalue weighted by Gasteiger charge is -2.28. The fourth-order valence-electron chi connectivity index (χ4n) is 2.72. The van der Waals surface area contributed by atoms with Crippen LogP contribution in [0.15, 0.2) is 48.8 Å². The predicted molar refractivity (Wildman–Crippen MR) is 106 cm³/mol. The Labute approximate surface area is 162 Å². The standard InChI is InChI=1S/C20H26N4O2S/c1-4-18-7-9-19(10-8-18)15-24(16-20-6-5-11-22-13-20)27(25,26)23(3)14-17(2)12-21/h5-11,13,17H,4,14-16H2,1-3H3. The van der Waals surface area contributed by atoms with E-state index >= 15 is 0 Å². The van der Waals surface area contributed by atoms with Gasteiger partial charge in [0.05, 0.1) is 12.0 Å². The monoisotopic (exact) mass is 386 g/mol. The van der Waals surface area contributed by atoms with Crippen LogP contribution in [-0.4, -0.2) is 35.6 Å². The van der Waals surface area contributed by atoms with Crippen LogP contribution >= 0.6 is 0 Å². The zero-order chi connectivity index (χ0) is 19.9. The van der Waals surface area contributed by atoms with Crippen LogP contribution in [-0.2, 0) is 29.7 Å². The van der Waals surface area contributed by atoms with Crippen LogP contribution in [0.25, 0.3) is 0 Å². The summed E-state index contributed by atoms with van der Waals surface area (Å²) in [5.41, 5.74) is 2.94. The first-order valence-electron chi connectivity index (χ1n) is 8.94. The van der Waals surface area contributed by atoms with Gasteiger partial charge in [-0.1, -0.05) is 37.3 Å². The van der Waals surface area contributed by atoms with Crippen molar-refractivity contribution in [3.8, 4) is 6.07 Å². The normalized spacial score (nSPS) is 12.9. The Kier molecular flexibility index (Phi) is 7.48. The second kappa shape index (κ2) is 9.60. The van der Waals surface area contributed by atoms with Crippen LogP contribution in [0.4, 0.5) is 0 Å². The number of benzene rings is 1. The Bertz CT molecular complexity index is 861. The smallest absolute Gasteiger partial charge is 0.264 e. The van der Waals surface area contributed by atoms with Crippen molar-refractivity contribution >= 4 is 10.2 Å². The van der Waals surface area contributed by atoms with Crippen LogP contribution in [0.5, 0.6) is 0 Å². The molecule has 1 atom stereocenters. The van der Waals surface area contributed by atoms with Crippen molar-refractivity contribution < 1.29 is 8.42 Å². The minimum absolute atomic E-state index is 0.150. The van der Waals surface area contributed by atoms with E-state index in [2.05, 4.69) is 18.0 Å². The van der Waals surface area contributed by atoms with E-state index in [1.165, 1.54) is 21.2 Å². The molecule has 144 valence electrons. The third-order valence-corrected chi connectivity index (χ3v) is 6.19. The Morgan fingerprint density at radius 2 is 1.74 bits per heavy atom. The zero-order valence-corrected chi connectivity index (χ0v) is 16.9. The van der Waals surface area contributed by atoms with E-state index in [1.807, 2.05) is 30.3 Å². The number of nitriles is 1. The molecule has 0 saturated carbocycles. The number of hydrogen-bond acceptors (Lipinski definition) is 4. The molecule has 7 heteroatoms. The Balaban J connectivity index is 2.28. The fraction of sp³-hybridized carbons (Fsp3) is 0.400. The molecule has 0 amide bonds. The lowest BCUT2D eigenvalue weighted by molar-refractivity contribution is 0.340. The largest absolute Gasteiger partial charge is 0.282 e. The van der Waals surface area contributed by atoms with Crippen LogP contribution < -0.4 is 0 Å². The molecule has 0 saturated heterocycles. The highest BCUT2D eigenvalue weighted by atomic mass is 32.2. The Morgan fingerprint density at radius 1 is 1.11 bits per heavy atom. The molecule has 1 aromatic heterocycles. The summed E-state index contributed by atoms with van der Waals surface area (Å²) in [6.45, 7) is 4.42. The second-order valence-corrected chi connectivity index (χ2v) is 8.65. The summed E-state index contributed by atoms with van der Waals surface area (Å²) in [7, 11) is -2.22. The minimum atomic E-state index is -3.73. The number of pyridine rings is 1. The SMILES string of the molecule is CCc1ccc(CN(Cc2cccnc2)S(=O)(=O)N(C)CC(C)C#N)cc1. The van der Waals surface area contributed by atoms with Gasteiger partial charge in [-0.2, -0.15) is 22.3 Å². The van der Waals surface area contributed by atoms with Crippen molar-refractivity contribution in [1.29, 1.82) is 5.26 Å². The molecule has 27 heavy (non-hydrogen) atoms. The first-order valence-corrected chi connectivity index (χ1v) is 10.3. The van der Waals surface area contributed by atoms with Crippen LogP contribution in [0.1, 0.15) is 30.5 Å². The maximum atomic E-state index is 13.1. The van der Waals surface area contributed by atoms with Crippen molar-refractivity contribution in [2.24, 2.45) is 5.92 Å². The van der Waals surface area contributed by atoms with E-state index in [-0.39, 0.29) is 25.6 Å². The van der Waals surface area contributed by atoms with Crippen LogP contribution in [0.2, 0.25) is 0 Å². The van der Waals surface area contributed by atoms with Gasteiger partial charge in [-0.15, -0.1) is 0 Å². The van der Waals surface area contributed by atoms with Gasteiger partial charge in [-0.3, -0.25) is 4.98 Å². The Morgan fingerprint density at radius 3 is 2.30 bits per heavy atom. The highest BCUT2D eigenvalue weighted by Gasteiger charge is 2.28. The number of nitrogens with zero attached hydrogens (tertiary/aromatic N) is 4. The molecule has 2 rings (SSSR count). The molecule has 1 aromatic carbocycles. The van der Waals surface area contributed by atoms with Gasteiger partial charge in [-0.05, 0) is 36.1 Å². The average Bonchev–Trinajstić information content (AvgIpc) is 2.68. The van der Waals surface area contributed by atoms with Gasteiger partial charge in [0.25, 0.3) is 10.2 Å². The molecule has 0 radical (unpaired) electrons. The van der Waals surface area contributed by atoms with Gasteiger partial charge >= 0.3 is 0 Å². The van der Waals surface area contributed by atoms with Gasteiger partial charge in [-0.25, -0.2) is 0 Å². The maximum absolute atomic E-state index is 13.1. The molecule has 0 N–H and O–H groups in total. The lowest BCUT2D eigenvalue weighted by atomic mass is 10.1. The number of rotatable bonds is 9. The minimum Gasteiger partial charge on any atom is -0.264 e. The molecule has 0 aliphatic rings. The molecule has 0 fully saturated rings. The number of hydrogen-bond donors (Lipinski definition) is 0. The number of aromatic nitrogens is 1. The van der Waals surface area contributed by atoms with Crippen molar-refractivity contribution in [3.63, 3.8) is 0 Å². The summed E-state index contributed by atoms with van der Waals surface area (Å²) < 4.78 is 28.9. The summed E-state index contributed by atoms with van der Waals surface area (Å²) in [4.78, 5) is 4.08. The highest BCUT2D eigenvalue weighted by molar-refractivity contribution is 7.86. The van der Waals surface area contributed by atoms with Gasteiger partial charge in [0.2, 0.25) is 0 Å². The van der Waals surface area contributed by atoms with E-state index in [9.17, 15) is 8.42 Å². The average molecular weight is 387 g/mol. The molecule has 1 heterocycles. The first-order chi connectivity index (χ1) is 12.9. The number of aryl methyl sites for hydroxylation is 1. The summed E-state index contributed by atoms with van der Waals surface area (Å²) in [6.07, 6.45) is 4.26. The molecule has 2 aromatic rings. The summed E-state index contributed by atoms with van der Waals surface area (Å²) >= 11 is 0. The second-order valence-electron chi connectivity index (χ2n) is 6.62. The third kappa shape index (κ3) is 5.86. The fourth-order valence-corrected chi connectivity index (χ4v) is 4.15. The molecule has 0 aliphatic heterocycles. The first kappa shape index (κ1) is 21.0. The zero-order valence-electron chi connectivity index (χ0n) is 16.0. The lowest BCUT2D eigenvalue weighted by Crippen LogP contribution is -2.42. The van der Waals surface area contributed by atoms with Gasteiger partial charge in [0.1, 0.15) is 0 Å². The molecular weight excluding hydrogens is 360 g/mol.